The van der Waals surface area contributed by atoms with Gasteiger partial charge < -0.3 is 29.4 Å². The van der Waals surface area contributed by atoms with Crippen LogP contribution in [0.15, 0.2) is 40.2 Å². The molecule has 1 saturated heterocycles. The van der Waals surface area contributed by atoms with Crippen molar-refractivity contribution in [3.05, 3.63) is 63.2 Å². The molecule has 6 rings (SSSR count). The number of anilines is 1. The molecular formula is C38H49F2N5O5S. The lowest BCUT2D eigenvalue weighted by molar-refractivity contribution is -0.124. The Morgan fingerprint density at radius 1 is 1.12 bits per heavy atom. The molecule has 1 aliphatic carbocycles. The summed E-state index contributed by atoms with van der Waals surface area (Å²) in [7, 11) is 1.76. The number of rotatable bonds is 10. The number of H-pyrrole nitrogens is 1. The number of pyridine rings is 2. The Hall–Kier alpha value is -3.68. The van der Waals surface area contributed by atoms with Crippen molar-refractivity contribution in [1.29, 1.82) is 0 Å². The molecule has 1 amide bonds. The lowest BCUT2D eigenvalue weighted by Gasteiger charge is -2.39. The highest BCUT2D eigenvalue weighted by Gasteiger charge is 2.48. The second-order valence-electron chi connectivity index (χ2n) is 14.4. The largest absolute Gasteiger partial charge is 0.448 e. The first-order chi connectivity index (χ1) is 24.3. The minimum atomic E-state index is -2.37. The van der Waals surface area contributed by atoms with Crippen molar-refractivity contribution in [1.82, 2.24) is 20.2 Å². The van der Waals surface area contributed by atoms with Crippen molar-refractivity contribution in [2.45, 2.75) is 102 Å². The predicted molar refractivity (Wildman–Crippen MR) is 195 cm³/mol. The van der Waals surface area contributed by atoms with Gasteiger partial charge in [0.25, 0.3) is 23.7 Å². The molecule has 4 heterocycles. The van der Waals surface area contributed by atoms with E-state index < -0.39 is 12.2 Å². The number of aryl methyl sites for hydroxylation is 1. The van der Waals surface area contributed by atoms with Gasteiger partial charge in [-0.25, -0.2) is 13.8 Å². The van der Waals surface area contributed by atoms with Gasteiger partial charge in [-0.2, -0.15) is 0 Å². The van der Waals surface area contributed by atoms with E-state index in [1.54, 1.807) is 18.1 Å². The highest BCUT2D eigenvalue weighted by Crippen LogP contribution is 2.53. The fourth-order valence-electron chi connectivity index (χ4n) is 7.81. The average molecular weight is 726 g/mol. The molecule has 0 radical (unpaired) electrons. The second kappa shape index (κ2) is 15.1. The zero-order chi connectivity index (χ0) is 36.6. The summed E-state index contributed by atoms with van der Waals surface area (Å²) in [6.45, 7) is 11.0. The number of nitrogens with one attached hydrogen (secondary N) is 2. The number of halogens is 2. The first-order valence-electron chi connectivity index (χ1n) is 17.7. The molecule has 2 aromatic heterocycles. The molecule has 0 spiro atoms. The van der Waals surface area contributed by atoms with Crippen LogP contribution in [0.3, 0.4) is 0 Å². The number of nitrogens with zero attached hydrogens (tertiary/aromatic N) is 3. The number of fused-ring (bicyclic) bond motifs is 1. The number of hydrogen-bond acceptors (Lipinski definition) is 9. The predicted octanol–water partition coefficient (Wildman–Crippen LogP) is 6.56. The van der Waals surface area contributed by atoms with Crippen molar-refractivity contribution in [2.24, 2.45) is 5.92 Å². The van der Waals surface area contributed by atoms with E-state index in [1.165, 1.54) is 11.8 Å². The van der Waals surface area contributed by atoms with Gasteiger partial charge in [0.15, 0.2) is 11.5 Å². The van der Waals surface area contributed by atoms with Gasteiger partial charge in [-0.1, -0.05) is 0 Å². The van der Waals surface area contributed by atoms with Gasteiger partial charge in [0.1, 0.15) is 5.82 Å². The molecule has 3 aromatic rings. The molecular weight excluding hydrogens is 677 g/mol. The minimum absolute atomic E-state index is 0.00894. The summed E-state index contributed by atoms with van der Waals surface area (Å²) < 4.78 is 45.6. The van der Waals surface area contributed by atoms with Gasteiger partial charge >= 0.3 is 0 Å². The molecule has 276 valence electrons. The SMILES string of the molecule is CSc1cc(C)[nH]c(=O)c1CNC(=O)c1cc(-c2ccc(N3C[C@@H](C)O[C@@H](C)C3)nc2)c2c(c1C)OC(C)(C1CCC(N(C)CC(F)F)CC1)O2. The molecule has 2 fully saturated rings. The van der Waals surface area contributed by atoms with Gasteiger partial charge in [0.05, 0.1) is 18.8 Å². The summed E-state index contributed by atoms with van der Waals surface area (Å²) in [5.74, 6) is 0.533. The summed E-state index contributed by atoms with van der Waals surface area (Å²) >= 11 is 1.46. The van der Waals surface area contributed by atoms with Crippen LogP contribution in [0.1, 0.15) is 73.6 Å². The quantitative estimate of drug-likeness (QED) is 0.225. The Labute approximate surface area is 302 Å². The molecule has 1 saturated carbocycles. The minimum Gasteiger partial charge on any atom is -0.448 e. The monoisotopic (exact) mass is 725 g/mol. The lowest BCUT2D eigenvalue weighted by atomic mass is 9.81. The topological polar surface area (TPSA) is 109 Å². The summed E-state index contributed by atoms with van der Waals surface area (Å²) in [4.78, 5) is 39.2. The zero-order valence-corrected chi connectivity index (χ0v) is 31.3. The maximum absolute atomic E-state index is 13.9. The van der Waals surface area contributed by atoms with Crippen molar-refractivity contribution < 1.29 is 27.8 Å². The molecule has 2 aliphatic heterocycles. The van der Waals surface area contributed by atoms with Gasteiger partial charge in [-0.15, -0.1) is 11.8 Å². The van der Waals surface area contributed by atoms with E-state index in [2.05, 4.69) is 29.0 Å². The number of thioether (sulfide) groups is 1. The lowest BCUT2D eigenvalue weighted by Crippen LogP contribution is -2.47. The van der Waals surface area contributed by atoms with Gasteiger partial charge in [0, 0.05) is 83.1 Å². The number of morpholine rings is 1. The number of amides is 1. The van der Waals surface area contributed by atoms with Gasteiger partial charge in [0.2, 0.25) is 0 Å². The fourth-order valence-corrected chi connectivity index (χ4v) is 8.51. The van der Waals surface area contributed by atoms with Crippen LogP contribution in [0.5, 0.6) is 11.5 Å². The standard InChI is InChI=1S/C38H49F2N5O5S/c1-21-14-31(51-7)30(37(47)43-21)17-42-36(46)28-15-29(25-8-13-33(41-16-25)45-18-22(2)48-23(3)19-45)35-34(24(28)4)49-38(5,50-35)26-9-11-27(12-10-26)44(6)20-32(39)40/h8,13-16,22-23,26-27,32H,9-12,17-20H2,1-7H3,(H,42,46)(H,43,47)/t22-,23+,26?,27?,38?. The summed E-state index contributed by atoms with van der Waals surface area (Å²) in [5, 5.41) is 2.97. The molecule has 3 aliphatic rings. The Morgan fingerprint density at radius 3 is 2.43 bits per heavy atom. The third kappa shape index (κ3) is 7.90. The van der Waals surface area contributed by atoms with Crippen LogP contribution in [0.25, 0.3) is 11.1 Å². The van der Waals surface area contributed by atoms with Gasteiger partial charge in [-0.05, 0) is 90.9 Å². The van der Waals surface area contributed by atoms with Crippen LogP contribution >= 0.6 is 11.8 Å². The van der Waals surface area contributed by atoms with E-state index in [4.69, 9.17) is 19.2 Å². The first-order valence-corrected chi connectivity index (χ1v) is 18.9. The van der Waals surface area contributed by atoms with E-state index in [0.717, 1.165) is 60.7 Å². The highest BCUT2D eigenvalue weighted by atomic mass is 32.2. The normalized spacial score (nSPS) is 24.7. The number of hydrogen-bond donors (Lipinski definition) is 2. The summed E-state index contributed by atoms with van der Waals surface area (Å²) in [6.07, 6.45) is 4.51. The average Bonchev–Trinajstić information content (AvgIpc) is 3.46. The molecule has 51 heavy (non-hydrogen) atoms. The van der Waals surface area contributed by atoms with E-state index >= 15 is 0 Å². The highest BCUT2D eigenvalue weighted by molar-refractivity contribution is 7.98. The van der Waals surface area contributed by atoms with Crippen molar-refractivity contribution in [3.63, 3.8) is 0 Å². The fraction of sp³-hybridized carbons (Fsp3) is 0.553. The van der Waals surface area contributed by atoms with Crippen LogP contribution in [-0.4, -0.2) is 84.2 Å². The van der Waals surface area contributed by atoms with E-state index in [9.17, 15) is 18.4 Å². The molecule has 13 heteroatoms. The maximum atomic E-state index is 13.9. The van der Waals surface area contributed by atoms with Crippen LogP contribution in [-0.2, 0) is 11.3 Å². The Bertz CT molecular complexity index is 1790. The van der Waals surface area contributed by atoms with Gasteiger partial charge in [-0.3, -0.25) is 14.5 Å². The zero-order valence-electron chi connectivity index (χ0n) is 30.5. The maximum Gasteiger partial charge on any atom is 0.254 e. The number of aromatic nitrogens is 2. The van der Waals surface area contributed by atoms with E-state index in [-0.39, 0.29) is 48.7 Å². The Morgan fingerprint density at radius 2 is 1.80 bits per heavy atom. The molecule has 10 nitrogen and oxygen atoms in total. The second-order valence-corrected chi connectivity index (χ2v) is 15.2. The molecule has 1 unspecified atom stereocenters. The smallest absolute Gasteiger partial charge is 0.254 e. The number of alkyl halides is 2. The van der Waals surface area contributed by atoms with Crippen LogP contribution in [0.2, 0.25) is 0 Å². The Kier molecular flexibility index (Phi) is 11.0. The number of carbonyl (C=O) groups is 1. The Balaban J connectivity index is 1.31. The number of carbonyl (C=O) groups excluding carboxylic acids is 1. The third-order valence-electron chi connectivity index (χ3n) is 10.5. The van der Waals surface area contributed by atoms with Crippen LogP contribution in [0.4, 0.5) is 14.6 Å². The van der Waals surface area contributed by atoms with E-state index in [0.29, 0.717) is 33.8 Å². The van der Waals surface area contributed by atoms with Crippen molar-refractivity contribution in [2.75, 3.05) is 37.8 Å². The molecule has 2 N–H and O–H groups in total. The first kappa shape index (κ1) is 37.1. The molecule has 0 bridgehead atoms. The number of benzene rings is 1. The summed E-state index contributed by atoms with van der Waals surface area (Å²) in [5.41, 5.74) is 3.49. The number of ether oxygens (including phenoxy) is 3. The third-order valence-corrected chi connectivity index (χ3v) is 11.3. The van der Waals surface area contributed by atoms with Crippen molar-refractivity contribution >= 4 is 23.5 Å². The molecule has 1 aromatic carbocycles. The number of aromatic amines is 1. The van der Waals surface area contributed by atoms with Crippen LogP contribution in [0, 0.1) is 19.8 Å². The van der Waals surface area contributed by atoms with Crippen LogP contribution < -0.4 is 25.2 Å². The molecule has 3 atom stereocenters. The summed E-state index contributed by atoms with van der Waals surface area (Å²) in [6, 6.07) is 7.76. The van der Waals surface area contributed by atoms with Crippen molar-refractivity contribution in [3.8, 4) is 22.6 Å². The van der Waals surface area contributed by atoms with E-state index in [1.807, 2.05) is 51.3 Å².